The molecular weight excluding hydrogens is 559 g/mol. The molecule has 2 aliphatic rings. The van der Waals surface area contributed by atoms with Crippen molar-refractivity contribution < 1.29 is 27.9 Å². The summed E-state index contributed by atoms with van der Waals surface area (Å²) in [6, 6.07) is 9.71. The highest BCUT2D eigenvalue weighted by molar-refractivity contribution is 6.32. The molecule has 2 amide bonds. The van der Waals surface area contributed by atoms with E-state index < -0.39 is 23.2 Å². The molecule has 1 unspecified atom stereocenters. The number of hydrogen-bond donors (Lipinski definition) is 1. The van der Waals surface area contributed by atoms with Crippen molar-refractivity contribution in [2.24, 2.45) is 11.8 Å². The third kappa shape index (κ3) is 6.44. The van der Waals surface area contributed by atoms with Crippen molar-refractivity contribution in [2.45, 2.75) is 43.9 Å². The third-order valence-electron chi connectivity index (χ3n) is 8.11. The van der Waals surface area contributed by atoms with E-state index >= 15 is 0 Å². The van der Waals surface area contributed by atoms with Gasteiger partial charge in [0.1, 0.15) is 11.0 Å². The zero-order chi connectivity index (χ0) is 29.9. The summed E-state index contributed by atoms with van der Waals surface area (Å²) < 4.78 is 42.2. The minimum absolute atomic E-state index is 0.0712. The fraction of sp³-hybridized carbons (Fsp3) is 0.517. The number of pyridine rings is 1. The molecule has 2 aliphatic heterocycles. The third-order valence-corrected chi connectivity index (χ3v) is 8.39. The van der Waals surface area contributed by atoms with Gasteiger partial charge in [0.2, 0.25) is 0 Å². The number of carbonyl (C=O) groups is 2. The number of nitriles is 1. The van der Waals surface area contributed by atoms with Crippen LogP contribution in [-0.4, -0.2) is 78.2 Å². The Balaban J connectivity index is 1.31. The van der Waals surface area contributed by atoms with Gasteiger partial charge in [-0.2, -0.15) is 18.4 Å². The van der Waals surface area contributed by atoms with E-state index in [2.05, 4.69) is 9.88 Å². The van der Waals surface area contributed by atoms with Gasteiger partial charge >= 0.3 is 6.18 Å². The maximum absolute atomic E-state index is 14.1. The number of piperidine rings is 2. The summed E-state index contributed by atoms with van der Waals surface area (Å²) in [6.07, 6.45) is -1.40. The summed E-state index contributed by atoms with van der Waals surface area (Å²) in [5.74, 6) is -0.203. The van der Waals surface area contributed by atoms with E-state index in [-0.39, 0.29) is 35.6 Å². The molecule has 1 N–H and O–H groups in total. The van der Waals surface area contributed by atoms with Gasteiger partial charge in [-0.15, -0.1) is 0 Å². The largest absolute Gasteiger partial charge is 0.430 e. The van der Waals surface area contributed by atoms with Gasteiger partial charge < -0.3 is 19.8 Å². The lowest BCUT2D eigenvalue weighted by Gasteiger charge is -2.40. The summed E-state index contributed by atoms with van der Waals surface area (Å²) >= 11 is 6.28. The number of amides is 2. The van der Waals surface area contributed by atoms with Crippen molar-refractivity contribution in [2.75, 3.05) is 45.2 Å². The number of aromatic nitrogens is 1. The first kappa shape index (κ1) is 30.6. The predicted molar refractivity (Wildman–Crippen MR) is 147 cm³/mol. The zero-order valence-electron chi connectivity index (χ0n) is 23.0. The van der Waals surface area contributed by atoms with Crippen molar-refractivity contribution >= 4 is 29.2 Å². The number of rotatable bonds is 6. The number of hydrogen-bond acceptors (Lipinski definition) is 6. The molecule has 4 rings (SSSR count). The van der Waals surface area contributed by atoms with E-state index in [1.807, 2.05) is 0 Å². The molecule has 220 valence electrons. The first-order valence-electron chi connectivity index (χ1n) is 13.6. The van der Waals surface area contributed by atoms with Crippen molar-refractivity contribution in [3.63, 3.8) is 0 Å². The Labute approximate surface area is 242 Å². The van der Waals surface area contributed by atoms with E-state index in [0.717, 1.165) is 49.4 Å². The van der Waals surface area contributed by atoms with Gasteiger partial charge in [0.25, 0.3) is 17.4 Å². The Kier molecular flexibility index (Phi) is 9.14. The quantitative estimate of drug-likeness (QED) is 0.493. The summed E-state index contributed by atoms with van der Waals surface area (Å²) in [7, 11) is 3.30. The average molecular weight is 592 g/mol. The van der Waals surface area contributed by atoms with Crippen LogP contribution in [0.25, 0.3) is 0 Å². The number of anilines is 1. The molecule has 12 heteroatoms. The lowest BCUT2D eigenvalue weighted by Crippen LogP contribution is -2.57. The average Bonchev–Trinajstić information content (AvgIpc) is 2.96. The van der Waals surface area contributed by atoms with Gasteiger partial charge in [0.15, 0.2) is 0 Å². The van der Waals surface area contributed by atoms with Crippen LogP contribution in [0.4, 0.5) is 19.0 Å². The summed E-state index contributed by atoms with van der Waals surface area (Å²) in [6.45, 7) is 1.79. The fourth-order valence-electron chi connectivity index (χ4n) is 5.69. The van der Waals surface area contributed by atoms with Gasteiger partial charge in [-0.3, -0.25) is 9.59 Å². The summed E-state index contributed by atoms with van der Waals surface area (Å²) in [5.41, 5.74) is -4.09. The fourth-order valence-corrected chi connectivity index (χ4v) is 5.92. The van der Waals surface area contributed by atoms with Gasteiger partial charge in [0, 0.05) is 45.8 Å². The SMILES string of the molecule is CN(C)C(=O)c1ccc(N2CCC(CC3CCN(C(=O)C(O)(c4cccc(C#N)c4)C(F)(F)F)CC3)CC2)nc1Cl. The Hall–Kier alpha value is -3.36. The Morgan fingerprint density at radius 2 is 1.68 bits per heavy atom. The van der Waals surface area contributed by atoms with Crippen LogP contribution in [-0.2, 0) is 10.4 Å². The molecule has 1 aromatic carbocycles. The van der Waals surface area contributed by atoms with Crippen LogP contribution in [0.5, 0.6) is 0 Å². The number of aliphatic hydroxyl groups is 1. The smallest absolute Gasteiger partial charge is 0.369 e. The van der Waals surface area contributed by atoms with Crippen LogP contribution in [0.2, 0.25) is 5.15 Å². The molecule has 0 bridgehead atoms. The second-order valence-electron chi connectivity index (χ2n) is 11.0. The van der Waals surface area contributed by atoms with Gasteiger partial charge in [0.05, 0.1) is 17.2 Å². The minimum Gasteiger partial charge on any atom is -0.369 e. The van der Waals surface area contributed by atoms with Crippen LogP contribution < -0.4 is 4.90 Å². The molecule has 2 aromatic rings. The Bertz CT molecular complexity index is 1320. The Morgan fingerprint density at radius 1 is 1.07 bits per heavy atom. The second kappa shape index (κ2) is 12.2. The monoisotopic (exact) mass is 591 g/mol. The Morgan fingerprint density at radius 3 is 2.22 bits per heavy atom. The zero-order valence-corrected chi connectivity index (χ0v) is 23.8. The van der Waals surface area contributed by atoms with Crippen LogP contribution >= 0.6 is 11.6 Å². The molecular formula is C29H33ClF3N5O3. The highest BCUT2D eigenvalue weighted by Gasteiger charge is 2.62. The maximum Gasteiger partial charge on any atom is 0.430 e. The van der Waals surface area contributed by atoms with Crippen LogP contribution in [0.1, 0.15) is 53.6 Å². The lowest BCUT2D eigenvalue weighted by atomic mass is 9.82. The summed E-state index contributed by atoms with van der Waals surface area (Å²) in [4.78, 5) is 34.4. The predicted octanol–water partition coefficient (Wildman–Crippen LogP) is 4.60. The van der Waals surface area contributed by atoms with Crippen molar-refractivity contribution in [1.29, 1.82) is 5.26 Å². The number of halogens is 4. The number of nitrogens with zero attached hydrogens (tertiary/aromatic N) is 5. The van der Waals surface area contributed by atoms with Gasteiger partial charge in [-0.1, -0.05) is 23.7 Å². The highest BCUT2D eigenvalue weighted by atomic mass is 35.5. The summed E-state index contributed by atoms with van der Waals surface area (Å²) in [5, 5.41) is 20.0. The van der Waals surface area contributed by atoms with Crippen molar-refractivity contribution in [3.8, 4) is 6.07 Å². The van der Waals surface area contributed by atoms with Gasteiger partial charge in [-0.05, 0) is 68.2 Å². The molecule has 0 saturated carbocycles. The molecule has 1 aromatic heterocycles. The van der Waals surface area contributed by atoms with E-state index in [9.17, 15) is 27.9 Å². The van der Waals surface area contributed by atoms with E-state index in [0.29, 0.717) is 30.1 Å². The number of benzene rings is 1. The van der Waals surface area contributed by atoms with E-state index in [4.69, 9.17) is 16.9 Å². The lowest BCUT2D eigenvalue weighted by molar-refractivity contribution is -0.262. The highest BCUT2D eigenvalue weighted by Crippen LogP contribution is 2.42. The first-order valence-corrected chi connectivity index (χ1v) is 13.9. The van der Waals surface area contributed by atoms with E-state index in [1.54, 1.807) is 32.3 Å². The molecule has 8 nitrogen and oxygen atoms in total. The number of likely N-dealkylation sites (tertiary alicyclic amines) is 1. The number of alkyl halides is 3. The molecule has 0 aliphatic carbocycles. The van der Waals surface area contributed by atoms with Gasteiger partial charge in [-0.25, -0.2) is 4.98 Å². The van der Waals surface area contributed by atoms with Crippen molar-refractivity contribution in [3.05, 3.63) is 58.2 Å². The molecule has 0 radical (unpaired) electrons. The molecule has 2 saturated heterocycles. The minimum atomic E-state index is -5.25. The molecule has 2 fully saturated rings. The molecule has 41 heavy (non-hydrogen) atoms. The topological polar surface area (TPSA) is 101 Å². The second-order valence-corrected chi connectivity index (χ2v) is 11.4. The normalized spacial score (nSPS) is 18.5. The van der Waals surface area contributed by atoms with Crippen LogP contribution in [0, 0.1) is 23.2 Å². The molecule has 0 spiro atoms. The molecule has 3 heterocycles. The van der Waals surface area contributed by atoms with Crippen molar-refractivity contribution in [1.82, 2.24) is 14.8 Å². The molecule has 1 atom stereocenters. The number of carbonyl (C=O) groups excluding carboxylic acids is 2. The van der Waals surface area contributed by atoms with Crippen LogP contribution in [0.3, 0.4) is 0 Å². The first-order chi connectivity index (χ1) is 19.3. The van der Waals surface area contributed by atoms with E-state index in [1.165, 1.54) is 17.0 Å². The maximum atomic E-state index is 14.1. The van der Waals surface area contributed by atoms with Crippen LogP contribution in [0.15, 0.2) is 36.4 Å². The standard InChI is InChI=1S/C29H33ClF3N5O3/c1-36(2)26(39)23-6-7-24(35-25(23)30)37-12-8-19(9-13-37)16-20-10-14-38(15-11-20)27(40)28(41,29(31,32)33)22-5-3-4-21(17-22)18-34/h3-7,17,19-20,41H,8-16H2,1-2H3.